The van der Waals surface area contributed by atoms with Gasteiger partial charge in [-0.15, -0.1) is 0 Å². The summed E-state index contributed by atoms with van der Waals surface area (Å²) in [6.07, 6.45) is 4.23. The zero-order valence-electron chi connectivity index (χ0n) is 26.3. The highest BCUT2D eigenvalue weighted by molar-refractivity contribution is 5.97. The van der Waals surface area contributed by atoms with Gasteiger partial charge < -0.3 is 15.2 Å². The van der Waals surface area contributed by atoms with Crippen molar-refractivity contribution in [1.29, 1.82) is 0 Å². The van der Waals surface area contributed by atoms with Gasteiger partial charge in [-0.2, -0.15) is 10.2 Å². The number of aryl methyl sites for hydroxylation is 5. The van der Waals surface area contributed by atoms with Crippen LogP contribution in [-0.4, -0.2) is 53.5 Å². The minimum atomic E-state index is -0.960. The number of carbonyl (C=O) groups excluding carboxylic acids is 1. The number of rotatable bonds is 12. The Morgan fingerprint density at radius 1 is 1.11 bits per heavy atom. The van der Waals surface area contributed by atoms with Crippen LogP contribution >= 0.6 is 0 Å². The van der Waals surface area contributed by atoms with Gasteiger partial charge in [-0.25, -0.2) is 9.67 Å². The van der Waals surface area contributed by atoms with Crippen LogP contribution in [-0.2, 0) is 35.5 Å². The Morgan fingerprint density at radius 2 is 1.93 bits per heavy atom. The van der Waals surface area contributed by atoms with Gasteiger partial charge in [0.1, 0.15) is 5.82 Å². The first kappa shape index (κ1) is 31.1. The predicted octanol–water partition coefficient (Wildman–Crippen LogP) is 5.83. The van der Waals surface area contributed by atoms with Crippen molar-refractivity contribution in [3.63, 3.8) is 0 Å². The number of pyridine rings is 1. The zero-order valence-corrected chi connectivity index (χ0v) is 26.3. The monoisotopic (exact) mass is 598 g/mol. The molecule has 1 atom stereocenters. The molecule has 10 heteroatoms. The molecule has 0 saturated heterocycles. The number of nitrogens with one attached hydrogen (secondary N) is 1. The molecule has 0 spiro atoms. The molecule has 4 heterocycles. The van der Waals surface area contributed by atoms with E-state index in [0.717, 1.165) is 53.5 Å². The molecule has 10 nitrogen and oxygen atoms in total. The summed E-state index contributed by atoms with van der Waals surface area (Å²) in [5.41, 5.74) is 6.39. The first-order valence-electron chi connectivity index (χ1n) is 15.3. The molecule has 0 radical (unpaired) electrons. The Morgan fingerprint density at radius 3 is 2.66 bits per heavy atom. The lowest BCUT2D eigenvalue weighted by Gasteiger charge is -2.21. The van der Waals surface area contributed by atoms with Gasteiger partial charge in [0.05, 0.1) is 47.5 Å². The highest BCUT2D eigenvalue weighted by Crippen LogP contribution is 2.29. The lowest BCUT2D eigenvalue weighted by atomic mass is 9.88. The lowest BCUT2D eigenvalue weighted by molar-refractivity contribution is -0.137. The van der Waals surface area contributed by atoms with Gasteiger partial charge in [0.25, 0.3) is 0 Å². The van der Waals surface area contributed by atoms with Crippen LogP contribution in [0.2, 0.25) is 0 Å². The molecular formula is C34H42N6O4. The molecule has 4 aromatic rings. The molecule has 2 N–H and O–H groups in total. The van der Waals surface area contributed by atoms with Gasteiger partial charge in [0.15, 0.2) is 5.78 Å². The average molecular weight is 599 g/mol. The second-order valence-corrected chi connectivity index (χ2v) is 12.6. The van der Waals surface area contributed by atoms with E-state index in [-0.39, 0.29) is 25.2 Å². The van der Waals surface area contributed by atoms with Crippen molar-refractivity contribution >= 4 is 17.6 Å². The van der Waals surface area contributed by atoms with E-state index in [1.807, 2.05) is 74.3 Å². The quantitative estimate of drug-likeness (QED) is 0.195. The highest BCUT2D eigenvalue weighted by Gasteiger charge is 2.26. The van der Waals surface area contributed by atoms with Gasteiger partial charge in [-0.3, -0.25) is 14.3 Å². The van der Waals surface area contributed by atoms with E-state index in [2.05, 4.69) is 27.6 Å². The number of fused-ring (bicyclic) bond motifs is 1. The summed E-state index contributed by atoms with van der Waals surface area (Å²) >= 11 is 0. The van der Waals surface area contributed by atoms with Crippen LogP contribution in [0.5, 0.6) is 0 Å². The SMILES string of the molecule is Cc1cc(C)n(-c2cccc(C(CC(=O)O)CC(=O)c3cnn(CCc4ccc5c(n4)NCCC5)c3COC(C)(C)C)c2)n1. The molecule has 44 heavy (non-hydrogen) atoms. The fourth-order valence-electron chi connectivity index (χ4n) is 5.66. The normalized spacial score (nSPS) is 13.8. The summed E-state index contributed by atoms with van der Waals surface area (Å²) in [6.45, 7) is 11.5. The number of carboxylic acid groups (broad SMARTS) is 1. The van der Waals surface area contributed by atoms with Crippen LogP contribution in [0.4, 0.5) is 5.82 Å². The third-order valence-corrected chi connectivity index (χ3v) is 7.87. The van der Waals surface area contributed by atoms with E-state index in [1.165, 1.54) is 5.56 Å². The number of aromatic nitrogens is 5. The molecule has 1 aromatic carbocycles. The van der Waals surface area contributed by atoms with Crippen LogP contribution in [0, 0.1) is 13.8 Å². The number of carbonyl (C=O) groups is 2. The number of benzene rings is 1. The summed E-state index contributed by atoms with van der Waals surface area (Å²) in [6, 6.07) is 13.8. The van der Waals surface area contributed by atoms with Crippen LogP contribution in [0.15, 0.2) is 48.7 Å². The molecule has 1 unspecified atom stereocenters. The number of hydrogen-bond donors (Lipinski definition) is 2. The van der Waals surface area contributed by atoms with E-state index in [4.69, 9.17) is 9.72 Å². The van der Waals surface area contributed by atoms with Gasteiger partial charge in [-0.1, -0.05) is 18.2 Å². The maximum Gasteiger partial charge on any atom is 0.303 e. The van der Waals surface area contributed by atoms with Gasteiger partial charge >= 0.3 is 5.97 Å². The van der Waals surface area contributed by atoms with E-state index in [0.29, 0.717) is 24.2 Å². The van der Waals surface area contributed by atoms with E-state index in [1.54, 1.807) is 6.20 Å². The number of carboxylic acids is 1. The van der Waals surface area contributed by atoms with Crippen LogP contribution < -0.4 is 5.32 Å². The van der Waals surface area contributed by atoms with Crippen molar-refractivity contribution in [3.05, 3.63) is 88.1 Å². The molecule has 0 saturated carbocycles. The van der Waals surface area contributed by atoms with Crippen molar-refractivity contribution in [2.45, 2.75) is 91.4 Å². The molecular weight excluding hydrogens is 556 g/mol. The largest absolute Gasteiger partial charge is 0.481 e. The van der Waals surface area contributed by atoms with Crippen LogP contribution in [0.1, 0.15) is 90.2 Å². The number of ether oxygens (including phenoxy) is 1. The third-order valence-electron chi connectivity index (χ3n) is 7.87. The minimum absolute atomic E-state index is 0.0269. The summed E-state index contributed by atoms with van der Waals surface area (Å²) in [5, 5.41) is 22.3. The zero-order chi connectivity index (χ0) is 31.4. The molecule has 0 amide bonds. The number of ketones is 1. The summed E-state index contributed by atoms with van der Waals surface area (Å²) < 4.78 is 9.78. The predicted molar refractivity (Wildman–Crippen MR) is 168 cm³/mol. The average Bonchev–Trinajstić information content (AvgIpc) is 3.55. The Kier molecular flexibility index (Phi) is 9.29. The molecule has 1 aliphatic heterocycles. The van der Waals surface area contributed by atoms with Crippen LogP contribution in [0.3, 0.4) is 0 Å². The van der Waals surface area contributed by atoms with Crippen molar-refractivity contribution < 1.29 is 19.4 Å². The summed E-state index contributed by atoms with van der Waals surface area (Å²) in [4.78, 5) is 30.6. The molecule has 0 bridgehead atoms. The van der Waals surface area contributed by atoms with Crippen molar-refractivity contribution in [2.24, 2.45) is 0 Å². The van der Waals surface area contributed by atoms with Gasteiger partial charge in [0.2, 0.25) is 0 Å². The number of Topliss-reactive ketones (excluding diaryl/α,β-unsaturated/α-hetero) is 1. The Bertz CT molecular complexity index is 1650. The lowest BCUT2D eigenvalue weighted by Crippen LogP contribution is -2.22. The topological polar surface area (TPSA) is 124 Å². The Hall–Kier alpha value is -4.31. The standard InChI is InChI=1S/C34H42N6O4/c1-22-16-23(2)40(38-22)28-10-6-8-25(17-28)26(19-32(42)43)18-31(41)29-20-36-39(30(29)21-44-34(3,4)5)15-13-27-12-11-24-9-7-14-35-33(24)37-27/h6,8,10-12,16-17,20,26H,7,9,13-15,18-19,21H2,1-5H3,(H,35,37)(H,42,43). The molecule has 0 aliphatic carbocycles. The van der Waals surface area contributed by atoms with Gasteiger partial charge in [-0.05, 0) is 82.9 Å². The maximum absolute atomic E-state index is 13.9. The summed E-state index contributed by atoms with van der Waals surface area (Å²) in [7, 11) is 0. The number of anilines is 1. The Balaban J connectivity index is 1.39. The van der Waals surface area contributed by atoms with Crippen molar-refractivity contribution in [3.8, 4) is 5.69 Å². The highest BCUT2D eigenvalue weighted by atomic mass is 16.5. The molecule has 5 rings (SSSR count). The van der Waals surface area contributed by atoms with Crippen molar-refractivity contribution in [2.75, 3.05) is 11.9 Å². The fraction of sp³-hybridized carbons (Fsp3) is 0.441. The first-order valence-corrected chi connectivity index (χ1v) is 15.3. The number of aliphatic carboxylic acids is 1. The maximum atomic E-state index is 13.9. The minimum Gasteiger partial charge on any atom is -0.481 e. The third kappa shape index (κ3) is 7.60. The number of hydrogen-bond acceptors (Lipinski definition) is 7. The first-order chi connectivity index (χ1) is 21.0. The van der Waals surface area contributed by atoms with Crippen molar-refractivity contribution in [1.82, 2.24) is 24.5 Å². The van der Waals surface area contributed by atoms with Gasteiger partial charge in [0, 0.05) is 43.2 Å². The van der Waals surface area contributed by atoms with E-state index >= 15 is 0 Å². The van der Waals surface area contributed by atoms with E-state index in [9.17, 15) is 14.7 Å². The number of nitrogens with zero attached hydrogens (tertiary/aromatic N) is 5. The molecule has 232 valence electrons. The second-order valence-electron chi connectivity index (χ2n) is 12.6. The fourth-order valence-corrected chi connectivity index (χ4v) is 5.66. The smallest absolute Gasteiger partial charge is 0.303 e. The Labute approximate surface area is 258 Å². The second kappa shape index (κ2) is 13.1. The van der Waals surface area contributed by atoms with E-state index < -0.39 is 17.5 Å². The molecule has 0 fully saturated rings. The summed E-state index contributed by atoms with van der Waals surface area (Å²) in [5.74, 6) is -0.697. The van der Waals surface area contributed by atoms with Crippen LogP contribution in [0.25, 0.3) is 5.69 Å². The molecule has 3 aromatic heterocycles. The molecule has 1 aliphatic rings.